The molecule has 20 heavy (non-hydrogen) atoms. The third kappa shape index (κ3) is 2.78. The Balaban J connectivity index is 2.42. The fourth-order valence-corrected chi connectivity index (χ4v) is 1.50. The first-order valence-electron chi connectivity index (χ1n) is 5.52. The van der Waals surface area contributed by atoms with E-state index >= 15 is 0 Å². The predicted octanol–water partition coefficient (Wildman–Crippen LogP) is 0.542. The van der Waals surface area contributed by atoms with Crippen LogP contribution < -0.4 is 5.56 Å². The summed E-state index contributed by atoms with van der Waals surface area (Å²) in [6.45, 7) is 1.76. The van der Waals surface area contributed by atoms with Crippen LogP contribution >= 0.6 is 0 Å². The van der Waals surface area contributed by atoms with Crippen LogP contribution in [0.5, 0.6) is 0 Å². The molecule has 108 valence electrons. The quantitative estimate of drug-likeness (QED) is 0.833. The lowest BCUT2D eigenvalue weighted by Crippen LogP contribution is -2.18. The second kappa shape index (κ2) is 4.94. The Morgan fingerprint density at radius 2 is 2.15 bits per heavy atom. The molecule has 0 aromatic carbocycles. The van der Waals surface area contributed by atoms with Crippen molar-refractivity contribution in [2.45, 2.75) is 19.5 Å². The van der Waals surface area contributed by atoms with Crippen molar-refractivity contribution in [1.29, 1.82) is 0 Å². The van der Waals surface area contributed by atoms with Crippen molar-refractivity contribution in [3.8, 4) is 0 Å². The zero-order chi connectivity index (χ0) is 14.9. The normalized spacial score (nSPS) is 11.8. The molecule has 2 rings (SSSR count). The molecule has 0 aliphatic carbocycles. The molecular weight excluding hydrogens is 281 g/mol. The summed E-state index contributed by atoms with van der Waals surface area (Å²) in [5.41, 5.74) is -0.800. The molecule has 2 aromatic heterocycles. The van der Waals surface area contributed by atoms with E-state index in [0.29, 0.717) is 4.52 Å². The highest BCUT2D eigenvalue weighted by atomic mass is 19.4. The Labute approximate surface area is 109 Å². The number of esters is 1. The molecular formula is C10H9F3N4O3. The second-order valence-electron chi connectivity index (χ2n) is 3.77. The van der Waals surface area contributed by atoms with Crippen molar-refractivity contribution in [2.24, 2.45) is 0 Å². The van der Waals surface area contributed by atoms with Gasteiger partial charge in [0.2, 0.25) is 5.82 Å². The Kier molecular flexibility index (Phi) is 3.47. The van der Waals surface area contributed by atoms with Gasteiger partial charge in [-0.3, -0.25) is 14.7 Å². The van der Waals surface area contributed by atoms with E-state index in [-0.39, 0.29) is 18.7 Å². The van der Waals surface area contributed by atoms with Crippen molar-refractivity contribution in [1.82, 2.24) is 19.6 Å². The third-order valence-corrected chi connectivity index (χ3v) is 2.28. The average Bonchev–Trinajstić information content (AvgIpc) is 2.73. The van der Waals surface area contributed by atoms with Crippen LogP contribution in [0.4, 0.5) is 13.2 Å². The van der Waals surface area contributed by atoms with E-state index in [1.54, 1.807) is 12.0 Å². The van der Waals surface area contributed by atoms with Gasteiger partial charge in [0.25, 0.3) is 11.3 Å². The summed E-state index contributed by atoms with van der Waals surface area (Å²) >= 11 is 0. The number of fused-ring (bicyclic) bond motifs is 1. The number of hydrogen-bond acceptors (Lipinski definition) is 5. The highest BCUT2D eigenvalue weighted by molar-refractivity contribution is 5.72. The van der Waals surface area contributed by atoms with E-state index in [0.717, 1.165) is 6.07 Å². The van der Waals surface area contributed by atoms with Crippen LogP contribution in [0.15, 0.2) is 10.9 Å². The molecule has 0 radical (unpaired) electrons. The monoisotopic (exact) mass is 290 g/mol. The van der Waals surface area contributed by atoms with Gasteiger partial charge in [-0.05, 0) is 6.92 Å². The first kappa shape index (κ1) is 14.0. The maximum Gasteiger partial charge on any atom is 0.451 e. The van der Waals surface area contributed by atoms with E-state index < -0.39 is 29.3 Å². The van der Waals surface area contributed by atoms with Crippen LogP contribution in [0.25, 0.3) is 5.78 Å². The molecule has 7 nitrogen and oxygen atoms in total. The van der Waals surface area contributed by atoms with Gasteiger partial charge in [0, 0.05) is 6.07 Å². The van der Waals surface area contributed by atoms with Gasteiger partial charge in [-0.15, -0.1) is 0 Å². The Bertz CT molecular complexity index is 704. The lowest BCUT2D eigenvalue weighted by molar-refractivity contribution is -0.145. The molecule has 0 amide bonds. The molecule has 0 unspecified atom stereocenters. The molecule has 0 bridgehead atoms. The predicted molar refractivity (Wildman–Crippen MR) is 58.9 cm³/mol. The number of H-pyrrole nitrogens is 1. The second-order valence-corrected chi connectivity index (χ2v) is 3.77. The summed E-state index contributed by atoms with van der Waals surface area (Å²) in [5, 5.41) is 1.80. The van der Waals surface area contributed by atoms with E-state index in [1.165, 1.54) is 0 Å². The molecule has 0 aliphatic heterocycles. The van der Waals surface area contributed by atoms with Gasteiger partial charge < -0.3 is 4.74 Å². The Morgan fingerprint density at radius 1 is 1.45 bits per heavy atom. The molecule has 0 fully saturated rings. The van der Waals surface area contributed by atoms with E-state index in [9.17, 15) is 22.8 Å². The topological polar surface area (TPSA) is 89.4 Å². The van der Waals surface area contributed by atoms with Crippen LogP contribution in [0.2, 0.25) is 0 Å². The van der Waals surface area contributed by atoms with Gasteiger partial charge in [0.05, 0.1) is 18.7 Å². The number of aromatic amines is 1. The summed E-state index contributed by atoms with van der Waals surface area (Å²) in [6.07, 6.45) is -5.03. The lowest BCUT2D eigenvalue weighted by atomic mass is 10.3. The SMILES string of the molecule is CCOC(=O)Cc1cc(=O)n2[nH]c(C(F)(F)F)nc2n1. The largest absolute Gasteiger partial charge is 0.466 e. The Hall–Kier alpha value is -2.39. The number of aromatic nitrogens is 4. The molecule has 0 spiro atoms. The van der Waals surface area contributed by atoms with Gasteiger partial charge in [0.1, 0.15) is 0 Å². The van der Waals surface area contributed by atoms with Crippen molar-refractivity contribution < 1.29 is 22.7 Å². The maximum atomic E-state index is 12.5. The third-order valence-electron chi connectivity index (χ3n) is 2.28. The molecule has 0 saturated heterocycles. The minimum atomic E-state index is -4.72. The fraction of sp³-hybridized carbons (Fsp3) is 0.400. The van der Waals surface area contributed by atoms with Crippen molar-refractivity contribution >= 4 is 11.7 Å². The number of halogens is 3. The molecule has 2 aromatic rings. The number of nitrogens with one attached hydrogen (secondary N) is 1. The zero-order valence-electron chi connectivity index (χ0n) is 10.2. The summed E-state index contributed by atoms with van der Waals surface area (Å²) < 4.78 is 42.6. The van der Waals surface area contributed by atoms with E-state index in [4.69, 9.17) is 0 Å². The molecule has 0 saturated carbocycles. The van der Waals surface area contributed by atoms with Crippen molar-refractivity contribution in [3.05, 3.63) is 27.9 Å². The maximum absolute atomic E-state index is 12.5. The van der Waals surface area contributed by atoms with Crippen LogP contribution in [-0.2, 0) is 22.1 Å². The molecule has 2 heterocycles. The molecule has 10 heteroatoms. The van der Waals surface area contributed by atoms with Gasteiger partial charge in [-0.25, -0.2) is 4.98 Å². The molecule has 1 N–H and O–H groups in total. The van der Waals surface area contributed by atoms with Gasteiger partial charge >= 0.3 is 12.1 Å². The number of alkyl halides is 3. The minimum absolute atomic E-state index is 0.00586. The highest BCUT2D eigenvalue weighted by Gasteiger charge is 2.35. The van der Waals surface area contributed by atoms with Crippen LogP contribution in [-0.4, -0.2) is 32.2 Å². The van der Waals surface area contributed by atoms with Crippen molar-refractivity contribution in [2.75, 3.05) is 6.61 Å². The Morgan fingerprint density at radius 3 is 2.75 bits per heavy atom. The van der Waals surface area contributed by atoms with Gasteiger partial charge in [-0.2, -0.15) is 22.7 Å². The van der Waals surface area contributed by atoms with Crippen molar-refractivity contribution in [3.63, 3.8) is 0 Å². The lowest BCUT2D eigenvalue weighted by Gasteiger charge is -2.00. The number of nitrogens with zero attached hydrogens (tertiary/aromatic N) is 3. The van der Waals surface area contributed by atoms with Crippen LogP contribution in [0.1, 0.15) is 18.4 Å². The minimum Gasteiger partial charge on any atom is -0.466 e. The fourth-order valence-electron chi connectivity index (χ4n) is 1.50. The average molecular weight is 290 g/mol. The molecule has 0 aliphatic rings. The van der Waals surface area contributed by atoms with Crippen LogP contribution in [0, 0.1) is 0 Å². The molecule has 0 atom stereocenters. The summed E-state index contributed by atoms with van der Waals surface area (Å²) in [4.78, 5) is 29.7. The van der Waals surface area contributed by atoms with E-state index in [1.807, 2.05) is 0 Å². The standard InChI is InChI=1S/C10H9F3N4O3/c1-2-20-7(19)4-5-3-6(18)17-9(14-5)15-8(16-17)10(11,12)13/h3H,2,4H2,1H3,(H,14,15,16). The highest BCUT2D eigenvalue weighted by Crippen LogP contribution is 2.25. The number of carbonyl (C=O) groups is 1. The summed E-state index contributed by atoms with van der Waals surface area (Å²) in [7, 11) is 0. The van der Waals surface area contributed by atoms with Gasteiger partial charge in [0.15, 0.2) is 0 Å². The zero-order valence-corrected chi connectivity index (χ0v) is 10.2. The summed E-state index contributed by atoms with van der Waals surface area (Å²) in [5.74, 6) is -2.42. The first-order valence-corrected chi connectivity index (χ1v) is 5.52. The van der Waals surface area contributed by atoms with Crippen LogP contribution in [0.3, 0.4) is 0 Å². The van der Waals surface area contributed by atoms with E-state index in [2.05, 4.69) is 14.7 Å². The smallest absolute Gasteiger partial charge is 0.451 e. The van der Waals surface area contributed by atoms with Gasteiger partial charge in [-0.1, -0.05) is 0 Å². The number of rotatable bonds is 3. The number of hydrogen-bond donors (Lipinski definition) is 1. The first-order chi connectivity index (χ1) is 9.31. The summed E-state index contributed by atoms with van der Waals surface area (Å²) in [6, 6.07) is 0.947. The number of carbonyl (C=O) groups excluding carboxylic acids is 1. The number of ether oxygens (including phenoxy) is 1.